The molecule has 1 nitrogen and oxygen atoms in total. The van der Waals surface area contributed by atoms with E-state index in [1.165, 1.54) is 63.5 Å². The molecule has 0 aliphatic heterocycles. The highest BCUT2D eigenvalue weighted by Crippen LogP contribution is 2.43. The van der Waals surface area contributed by atoms with Crippen molar-refractivity contribution in [2.45, 2.75) is 90.6 Å². The van der Waals surface area contributed by atoms with Gasteiger partial charge in [0.15, 0.2) is 0 Å². The highest BCUT2D eigenvalue weighted by atomic mass is 19.3. The molecule has 0 amide bonds. The molecule has 0 heterocycles. The van der Waals surface area contributed by atoms with Crippen LogP contribution in [-0.2, 0) is 0 Å². The quantitative estimate of drug-likeness (QED) is 0.385. The highest BCUT2D eigenvalue weighted by Gasteiger charge is 2.42. The molecule has 4 heteroatoms. The number of hydrogen-bond acceptors (Lipinski definition) is 1. The van der Waals surface area contributed by atoms with Crippen molar-refractivity contribution in [3.63, 3.8) is 0 Å². The lowest BCUT2D eigenvalue weighted by Gasteiger charge is -2.36. The van der Waals surface area contributed by atoms with E-state index in [1.807, 2.05) is 6.92 Å². The zero-order valence-corrected chi connectivity index (χ0v) is 20.2. The fraction of sp³-hybridized carbons (Fsp3) is 0.655. The number of rotatable bonds is 6. The normalized spacial score (nSPS) is 31.7. The third-order valence-corrected chi connectivity index (χ3v) is 8.35. The summed E-state index contributed by atoms with van der Waals surface area (Å²) in [5.41, 5.74) is 0.468. The molecule has 1 atom stereocenters. The van der Waals surface area contributed by atoms with Crippen molar-refractivity contribution in [1.82, 2.24) is 0 Å². The van der Waals surface area contributed by atoms with E-state index in [9.17, 15) is 13.2 Å². The van der Waals surface area contributed by atoms with E-state index in [0.29, 0.717) is 12.3 Å². The first kappa shape index (κ1) is 24.4. The first-order chi connectivity index (χ1) is 15.8. The van der Waals surface area contributed by atoms with Gasteiger partial charge in [-0.1, -0.05) is 49.6 Å². The lowest BCUT2D eigenvalue weighted by atomic mass is 9.69. The van der Waals surface area contributed by atoms with Gasteiger partial charge >= 0.3 is 6.11 Å². The molecule has 0 N–H and O–H groups in total. The summed E-state index contributed by atoms with van der Waals surface area (Å²) in [5.74, 6) is 2.63. The maximum absolute atomic E-state index is 14.7. The van der Waals surface area contributed by atoms with Gasteiger partial charge in [-0.25, -0.2) is 4.39 Å². The van der Waals surface area contributed by atoms with E-state index < -0.39 is 17.5 Å². The van der Waals surface area contributed by atoms with Gasteiger partial charge < -0.3 is 4.74 Å². The third kappa shape index (κ3) is 6.45. The molecular weight excluding hydrogens is 421 g/mol. The summed E-state index contributed by atoms with van der Waals surface area (Å²) >= 11 is 0. The second-order valence-corrected chi connectivity index (χ2v) is 10.9. The Kier molecular flexibility index (Phi) is 7.91. The Morgan fingerprint density at radius 3 is 2.00 bits per heavy atom. The second-order valence-electron chi connectivity index (χ2n) is 10.9. The van der Waals surface area contributed by atoms with Crippen molar-refractivity contribution in [2.24, 2.45) is 29.6 Å². The van der Waals surface area contributed by atoms with E-state index >= 15 is 0 Å². The standard InChI is InChI=1S/C29H39F3O/c1-20-3-12-24(13-4-20)25-14-9-22(10-15-25)7-8-23-11-18-27(28(30)19-23)29(31,32)33-26-16-5-21(2)6-17-26/h5-8,16-17,20,22-25H,3-4,9-15,18-19H2,1-2H3/b8-7+. The van der Waals surface area contributed by atoms with Crippen LogP contribution in [0.3, 0.4) is 0 Å². The number of ether oxygens (including phenoxy) is 1. The summed E-state index contributed by atoms with van der Waals surface area (Å²) in [6, 6.07) is 6.42. The number of alkyl halides is 2. The molecule has 3 aliphatic carbocycles. The van der Waals surface area contributed by atoms with Crippen LogP contribution in [-0.4, -0.2) is 6.11 Å². The first-order valence-corrected chi connectivity index (χ1v) is 13.0. The van der Waals surface area contributed by atoms with Crippen LogP contribution < -0.4 is 4.74 Å². The summed E-state index contributed by atoms with van der Waals surface area (Å²) in [5, 5.41) is 0. The van der Waals surface area contributed by atoms with E-state index in [4.69, 9.17) is 4.74 Å². The van der Waals surface area contributed by atoms with Gasteiger partial charge in [-0.15, -0.1) is 0 Å². The average Bonchev–Trinajstić information content (AvgIpc) is 2.80. The monoisotopic (exact) mass is 460 g/mol. The number of allylic oxidation sites excluding steroid dienone is 3. The summed E-state index contributed by atoms with van der Waals surface area (Å²) in [7, 11) is 0. The lowest BCUT2D eigenvalue weighted by molar-refractivity contribution is -0.147. The van der Waals surface area contributed by atoms with Crippen LogP contribution in [0.1, 0.15) is 83.1 Å². The van der Waals surface area contributed by atoms with E-state index in [-0.39, 0.29) is 24.5 Å². The van der Waals surface area contributed by atoms with Crippen molar-refractivity contribution in [1.29, 1.82) is 0 Å². The fourth-order valence-corrected chi connectivity index (χ4v) is 6.08. The molecule has 0 aromatic heterocycles. The number of hydrogen-bond donors (Lipinski definition) is 0. The molecule has 2 saturated carbocycles. The van der Waals surface area contributed by atoms with Crippen LogP contribution in [0.2, 0.25) is 0 Å². The van der Waals surface area contributed by atoms with Crippen LogP contribution in [0.25, 0.3) is 0 Å². The zero-order valence-electron chi connectivity index (χ0n) is 20.2. The third-order valence-electron chi connectivity index (χ3n) is 8.35. The largest absolute Gasteiger partial charge is 0.429 e. The number of aryl methyl sites for hydroxylation is 1. The van der Waals surface area contributed by atoms with Crippen LogP contribution in [0, 0.1) is 36.5 Å². The predicted molar refractivity (Wildman–Crippen MR) is 128 cm³/mol. The molecule has 3 aliphatic rings. The van der Waals surface area contributed by atoms with E-state index in [1.54, 1.807) is 12.1 Å². The van der Waals surface area contributed by atoms with Gasteiger partial charge in [0.1, 0.15) is 11.6 Å². The summed E-state index contributed by atoms with van der Waals surface area (Å²) in [6.45, 7) is 4.25. The minimum atomic E-state index is -3.61. The molecule has 0 saturated heterocycles. The maximum Gasteiger partial charge on any atom is 0.425 e. The van der Waals surface area contributed by atoms with Gasteiger partial charge in [0, 0.05) is 6.42 Å². The average molecular weight is 461 g/mol. The van der Waals surface area contributed by atoms with Gasteiger partial charge in [0.05, 0.1) is 5.57 Å². The molecular formula is C29H39F3O. The molecule has 182 valence electrons. The number of halogens is 3. The molecule has 4 rings (SSSR count). The van der Waals surface area contributed by atoms with Gasteiger partial charge in [0.2, 0.25) is 0 Å². The SMILES string of the molecule is Cc1ccc(OC(F)(F)C2=C(F)CC(/C=C/C3CCC(C4CCC(C)CC4)CC3)CC2)cc1. The van der Waals surface area contributed by atoms with Gasteiger partial charge in [-0.2, -0.15) is 8.78 Å². The van der Waals surface area contributed by atoms with E-state index in [0.717, 1.165) is 23.3 Å². The summed E-state index contributed by atoms with van der Waals surface area (Å²) < 4.78 is 48.8. The molecule has 0 radical (unpaired) electrons. The minimum absolute atomic E-state index is 0.00137. The Morgan fingerprint density at radius 1 is 0.818 bits per heavy atom. The second kappa shape index (κ2) is 10.7. The Balaban J connectivity index is 1.26. The van der Waals surface area contributed by atoms with Crippen molar-refractivity contribution in [3.8, 4) is 5.75 Å². The van der Waals surface area contributed by atoms with Crippen LogP contribution >= 0.6 is 0 Å². The van der Waals surface area contributed by atoms with Crippen molar-refractivity contribution in [3.05, 3.63) is 53.4 Å². The topological polar surface area (TPSA) is 9.23 Å². The van der Waals surface area contributed by atoms with Crippen molar-refractivity contribution in [2.75, 3.05) is 0 Å². The molecule has 0 spiro atoms. The fourth-order valence-electron chi connectivity index (χ4n) is 6.08. The predicted octanol–water partition coefficient (Wildman–Crippen LogP) is 9.18. The molecule has 33 heavy (non-hydrogen) atoms. The highest BCUT2D eigenvalue weighted by molar-refractivity contribution is 5.29. The molecule has 1 unspecified atom stereocenters. The van der Waals surface area contributed by atoms with Crippen LogP contribution in [0.5, 0.6) is 5.75 Å². The zero-order chi connectivity index (χ0) is 23.4. The molecule has 0 bridgehead atoms. The smallest absolute Gasteiger partial charge is 0.425 e. The molecule has 1 aromatic carbocycles. The maximum atomic E-state index is 14.7. The Hall–Kier alpha value is -1.71. The summed E-state index contributed by atoms with van der Waals surface area (Å²) in [6.07, 6.45) is 12.0. The Labute approximate surface area is 197 Å². The van der Waals surface area contributed by atoms with Gasteiger partial charge in [-0.3, -0.25) is 0 Å². The molecule has 1 aromatic rings. The Bertz CT molecular complexity index is 825. The van der Waals surface area contributed by atoms with Gasteiger partial charge in [0.25, 0.3) is 0 Å². The Morgan fingerprint density at radius 2 is 1.39 bits per heavy atom. The molecule has 2 fully saturated rings. The summed E-state index contributed by atoms with van der Waals surface area (Å²) in [4.78, 5) is 0. The lowest BCUT2D eigenvalue weighted by Crippen LogP contribution is -2.30. The first-order valence-electron chi connectivity index (χ1n) is 13.0. The van der Waals surface area contributed by atoms with Crippen molar-refractivity contribution >= 4 is 0 Å². The minimum Gasteiger partial charge on any atom is -0.429 e. The van der Waals surface area contributed by atoms with E-state index in [2.05, 4.69) is 19.1 Å². The van der Waals surface area contributed by atoms with Gasteiger partial charge in [-0.05, 0) is 100 Å². The van der Waals surface area contributed by atoms with Crippen molar-refractivity contribution < 1.29 is 17.9 Å². The van der Waals surface area contributed by atoms with Crippen LogP contribution in [0.4, 0.5) is 13.2 Å². The number of benzene rings is 1. The van der Waals surface area contributed by atoms with Crippen LogP contribution in [0.15, 0.2) is 47.8 Å².